The van der Waals surface area contributed by atoms with Crippen molar-refractivity contribution in [3.8, 4) is 5.75 Å². The third kappa shape index (κ3) is 3.28. The lowest BCUT2D eigenvalue weighted by Gasteiger charge is -2.11. The normalized spacial score (nSPS) is 9.82. The largest absolute Gasteiger partial charge is 0.467 e. The molecule has 0 aliphatic carbocycles. The van der Waals surface area contributed by atoms with Crippen LogP contribution in [0.1, 0.15) is 20.7 Å². The Balaban J connectivity index is 3.20. The van der Waals surface area contributed by atoms with Crippen LogP contribution in [0.4, 0.5) is 0 Å². The van der Waals surface area contributed by atoms with E-state index >= 15 is 0 Å². The summed E-state index contributed by atoms with van der Waals surface area (Å²) in [5, 5.41) is 0. The van der Waals surface area contributed by atoms with Gasteiger partial charge in [-0.05, 0) is 12.1 Å². The molecule has 0 atom stereocenters. The van der Waals surface area contributed by atoms with Gasteiger partial charge in [0.25, 0.3) is 0 Å². The summed E-state index contributed by atoms with van der Waals surface area (Å²) in [6.07, 6.45) is 0.658. The predicted octanol–water partition coefficient (Wildman–Crippen LogP) is 2.03. The van der Waals surface area contributed by atoms with Crippen LogP contribution in [0.25, 0.3) is 0 Å². The number of aldehydes is 1. The van der Waals surface area contributed by atoms with Crippen LogP contribution in [0.5, 0.6) is 5.75 Å². The Morgan fingerprint density at radius 1 is 1.41 bits per heavy atom. The van der Waals surface area contributed by atoms with Gasteiger partial charge in [-0.2, -0.15) is 0 Å². The van der Waals surface area contributed by atoms with Crippen molar-refractivity contribution < 1.29 is 23.8 Å². The molecule has 0 radical (unpaired) electrons. The zero-order chi connectivity index (χ0) is 12.8. The smallest absolute Gasteiger partial charge is 0.341 e. The first-order chi connectivity index (χ1) is 8.13. The molecule has 0 aliphatic heterocycles. The Hall–Kier alpha value is -1.40. The highest BCUT2D eigenvalue weighted by atomic mass is 79.9. The number of benzene rings is 1. The Kier molecular flexibility index (Phi) is 5.11. The topological polar surface area (TPSA) is 61.8 Å². The molecular weight excluding hydrogens is 292 g/mol. The fourth-order valence-electron chi connectivity index (χ4n) is 1.17. The zero-order valence-electron chi connectivity index (χ0n) is 9.36. The van der Waals surface area contributed by atoms with E-state index in [1.54, 1.807) is 0 Å². The highest BCUT2D eigenvalue weighted by Crippen LogP contribution is 2.27. The van der Waals surface area contributed by atoms with Gasteiger partial charge in [0, 0.05) is 17.1 Å². The van der Waals surface area contributed by atoms with Crippen LogP contribution in [-0.4, -0.2) is 33.3 Å². The lowest BCUT2D eigenvalue weighted by molar-refractivity contribution is 0.0464. The quantitative estimate of drug-likeness (QED) is 0.473. The van der Waals surface area contributed by atoms with Crippen molar-refractivity contribution in [1.82, 2.24) is 0 Å². The van der Waals surface area contributed by atoms with Gasteiger partial charge >= 0.3 is 5.97 Å². The summed E-state index contributed by atoms with van der Waals surface area (Å²) in [6, 6.07) is 2.92. The van der Waals surface area contributed by atoms with E-state index in [4.69, 9.17) is 9.47 Å². The monoisotopic (exact) mass is 302 g/mol. The van der Waals surface area contributed by atoms with Gasteiger partial charge in [0.1, 0.15) is 11.3 Å². The number of hydrogen-bond acceptors (Lipinski definition) is 5. The summed E-state index contributed by atoms with van der Waals surface area (Å²) in [5.74, 6) is -0.307. The van der Waals surface area contributed by atoms with E-state index in [1.807, 2.05) is 0 Å². The van der Waals surface area contributed by atoms with E-state index in [2.05, 4.69) is 20.7 Å². The molecule has 0 aliphatic rings. The van der Waals surface area contributed by atoms with Gasteiger partial charge in [-0.1, -0.05) is 15.9 Å². The van der Waals surface area contributed by atoms with Crippen molar-refractivity contribution in [3.63, 3.8) is 0 Å². The maximum absolute atomic E-state index is 11.5. The van der Waals surface area contributed by atoms with E-state index in [0.717, 1.165) is 0 Å². The second-order valence-corrected chi connectivity index (χ2v) is 3.88. The van der Waals surface area contributed by atoms with Crippen molar-refractivity contribution in [2.45, 2.75) is 0 Å². The first-order valence-corrected chi connectivity index (χ1v) is 5.42. The minimum atomic E-state index is -0.547. The Morgan fingerprint density at radius 2 is 2.12 bits per heavy atom. The molecule has 0 aromatic heterocycles. The fourth-order valence-corrected chi connectivity index (χ4v) is 1.61. The van der Waals surface area contributed by atoms with Crippen molar-refractivity contribution in [1.29, 1.82) is 0 Å². The Labute approximate surface area is 107 Å². The van der Waals surface area contributed by atoms with E-state index < -0.39 is 5.97 Å². The number of ether oxygens (including phenoxy) is 3. The first-order valence-electron chi connectivity index (χ1n) is 4.62. The van der Waals surface area contributed by atoms with E-state index in [-0.39, 0.29) is 18.1 Å². The van der Waals surface area contributed by atoms with Crippen LogP contribution in [0.3, 0.4) is 0 Å². The average Bonchev–Trinajstić information content (AvgIpc) is 2.35. The summed E-state index contributed by atoms with van der Waals surface area (Å²) in [5.41, 5.74) is 0.603. The summed E-state index contributed by atoms with van der Waals surface area (Å²) in [7, 11) is 2.72. The highest BCUT2D eigenvalue weighted by Gasteiger charge is 2.16. The number of esters is 1. The standard InChI is InChI=1S/C11H11BrO5/c1-15-6-17-10-3-7(5-13)9(12)4-8(10)11(14)16-2/h3-5H,6H2,1-2H3. The van der Waals surface area contributed by atoms with Gasteiger partial charge in [-0.25, -0.2) is 4.79 Å². The number of rotatable bonds is 5. The molecule has 0 heterocycles. The second-order valence-electron chi connectivity index (χ2n) is 3.03. The lowest BCUT2D eigenvalue weighted by Crippen LogP contribution is -2.08. The molecule has 0 saturated heterocycles. The van der Waals surface area contributed by atoms with Gasteiger partial charge in [-0.3, -0.25) is 4.79 Å². The van der Waals surface area contributed by atoms with Crippen LogP contribution in [0.2, 0.25) is 0 Å². The summed E-state index contributed by atoms with van der Waals surface area (Å²) in [4.78, 5) is 22.3. The molecule has 0 N–H and O–H groups in total. The number of carbonyl (C=O) groups excluding carboxylic acids is 2. The SMILES string of the molecule is COCOc1cc(C=O)c(Br)cc1C(=O)OC. The van der Waals surface area contributed by atoms with Gasteiger partial charge in [-0.15, -0.1) is 0 Å². The van der Waals surface area contributed by atoms with Crippen LogP contribution < -0.4 is 4.74 Å². The molecule has 0 unspecified atom stereocenters. The maximum Gasteiger partial charge on any atom is 0.341 e. The minimum Gasteiger partial charge on any atom is -0.467 e. The molecule has 5 nitrogen and oxygen atoms in total. The van der Waals surface area contributed by atoms with E-state index in [0.29, 0.717) is 16.3 Å². The van der Waals surface area contributed by atoms with Crippen LogP contribution in [0, 0.1) is 0 Å². The minimum absolute atomic E-state index is 0.0239. The predicted molar refractivity (Wildman–Crippen MR) is 63.4 cm³/mol. The van der Waals surface area contributed by atoms with Crippen molar-refractivity contribution >= 4 is 28.2 Å². The second kappa shape index (κ2) is 6.36. The molecule has 17 heavy (non-hydrogen) atoms. The molecule has 0 bridgehead atoms. The Morgan fingerprint density at radius 3 is 2.65 bits per heavy atom. The van der Waals surface area contributed by atoms with Crippen LogP contribution >= 0.6 is 15.9 Å². The number of methoxy groups -OCH3 is 2. The number of carbonyl (C=O) groups is 2. The molecule has 0 saturated carbocycles. The molecule has 92 valence electrons. The molecule has 0 amide bonds. The molecule has 1 aromatic carbocycles. The molecule has 0 fully saturated rings. The van der Waals surface area contributed by atoms with Crippen molar-refractivity contribution in [2.75, 3.05) is 21.0 Å². The zero-order valence-corrected chi connectivity index (χ0v) is 10.9. The average molecular weight is 303 g/mol. The Bertz CT molecular complexity index is 430. The van der Waals surface area contributed by atoms with Crippen LogP contribution in [0.15, 0.2) is 16.6 Å². The van der Waals surface area contributed by atoms with Crippen molar-refractivity contribution in [2.24, 2.45) is 0 Å². The van der Waals surface area contributed by atoms with Gasteiger partial charge in [0.05, 0.1) is 7.11 Å². The fraction of sp³-hybridized carbons (Fsp3) is 0.273. The number of hydrogen-bond donors (Lipinski definition) is 0. The molecule has 6 heteroatoms. The summed E-state index contributed by atoms with van der Waals surface area (Å²) < 4.78 is 15.1. The third-order valence-electron chi connectivity index (χ3n) is 1.96. The van der Waals surface area contributed by atoms with Crippen LogP contribution in [-0.2, 0) is 9.47 Å². The lowest BCUT2D eigenvalue weighted by atomic mass is 10.1. The third-order valence-corrected chi connectivity index (χ3v) is 2.65. The summed E-state index contributed by atoms with van der Waals surface area (Å²) >= 11 is 3.18. The summed E-state index contributed by atoms with van der Waals surface area (Å²) in [6.45, 7) is -0.0239. The van der Waals surface area contributed by atoms with Gasteiger partial charge in [0.2, 0.25) is 0 Å². The van der Waals surface area contributed by atoms with Gasteiger partial charge in [0.15, 0.2) is 13.1 Å². The molecule has 1 rings (SSSR count). The first kappa shape index (κ1) is 13.7. The highest BCUT2D eigenvalue weighted by molar-refractivity contribution is 9.10. The molecule has 1 aromatic rings. The van der Waals surface area contributed by atoms with Gasteiger partial charge < -0.3 is 14.2 Å². The maximum atomic E-state index is 11.5. The molecule has 0 spiro atoms. The van der Waals surface area contributed by atoms with E-state index in [9.17, 15) is 9.59 Å². The van der Waals surface area contributed by atoms with Crippen molar-refractivity contribution in [3.05, 3.63) is 27.7 Å². The number of halogens is 1. The molecular formula is C11H11BrO5. The van der Waals surface area contributed by atoms with E-state index in [1.165, 1.54) is 26.4 Å².